The highest BCUT2D eigenvalue weighted by atomic mass is 79.9. The van der Waals surface area contributed by atoms with E-state index in [1.165, 1.54) is 0 Å². The summed E-state index contributed by atoms with van der Waals surface area (Å²) in [4.78, 5) is 3.96. The van der Waals surface area contributed by atoms with Crippen molar-refractivity contribution in [1.29, 1.82) is 0 Å². The maximum atomic E-state index is 5.83. The van der Waals surface area contributed by atoms with Gasteiger partial charge in [-0.3, -0.25) is 4.68 Å². The van der Waals surface area contributed by atoms with Crippen molar-refractivity contribution in [3.8, 4) is 11.8 Å². The second kappa shape index (κ2) is 5.55. The first kappa shape index (κ1) is 13.1. The molecular formula is C13H11BrClN3. The summed E-state index contributed by atoms with van der Waals surface area (Å²) < 4.78 is 2.70. The van der Waals surface area contributed by atoms with E-state index in [2.05, 4.69) is 51.7 Å². The Morgan fingerprint density at radius 2 is 2.11 bits per heavy atom. The standard InChI is InChI=1S/C13H11BrClN3/c1-9(2)18-8-10(6-17-18)3-4-11-5-13(15)16-7-12(11)14/h5-9H,1-2H3. The molecule has 2 rings (SSSR count). The average molecular weight is 325 g/mol. The van der Waals surface area contributed by atoms with Crippen LogP contribution in [0.1, 0.15) is 31.0 Å². The second-order valence-electron chi connectivity index (χ2n) is 4.04. The zero-order valence-electron chi connectivity index (χ0n) is 9.98. The van der Waals surface area contributed by atoms with Gasteiger partial charge in [0.1, 0.15) is 5.15 Å². The van der Waals surface area contributed by atoms with Gasteiger partial charge in [-0.1, -0.05) is 23.4 Å². The first-order valence-electron chi connectivity index (χ1n) is 5.43. The zero-order chi connectivity index (χ0) is 13.1. The first-order valence-corrected chi connectivity index (χ1v) is 6.60. The van der Waals surface area contributed by atoms with Crippen LogP contribution in [0.25, 0.3) is 0 Å². The third-order valence-electron chi connectivity index (χ3n) is 2.29. The van der Waals surface area contributed by atoms with Crippen LogP contribution in [-0.2, 0) is 0 Å². The van der Waals surface area contributed by atoms with Gasteiger partial charge in [-0.25, -0.2) is 4.98 Å². The average Bonchev–Trinajstić information content (AvgIpc) is 2.79. The summed E-state index contributed by atoms with van der Waals surface area (Å²) in [5.41, 5.74) is 1.69. The molecule has 0 saturated carbocycles. The Balaban J connectivity index is 2.28. The summed E-state index contributed by atoms with van der Waals surface area (Å²) in [6.07, 6.45) is 5.32. The Kier molecular flexibility index (Phi) is 4.05. The van der Waals surface area contributed by atoms with Crippen LogP contribution < -0.4 is 0 Å². The molecule has 0 bridgehead atoms. The number of hydrogen-bond acceptors (Lipinski definition) is 2. The van der Waals surface area contributed by atoms with Gasteiger partial charge in [0.2, 0.25) is 0 Å². The van der Waals surface area contributed by atoms with Crippen LogP contribution >= 0.6 is 27.5 Å². The minimum absolute atomic E-state index is 0.336. The number of pyridine rings is 1. The zero-order valence-corrected chi connectivity index (χ0v) is 12.3. The molecule has 3 nitrogen and oxygen atoms in total. The molecule has 0 aliphatic rings. The van der Waals surface area contributed by atoms with Gasteiger partial charge in [-0.2, -0.15) is 5.10 Å². The molecule has 2 aromatic rings. The first-order chi connectivity index (χ1) is 8.56. The summed E-state index contributed by atoms with van der Waals surface area (Å²) in [6, 6.07) is 2.06. The summed E-state index contributed by atoms with van der Waals surface area (Å²) in [7, 11) is 0. The lowest BCUT2D eigenvalue weighted by Crippen LogP contribution is -1.99. The highest BCUT2D eigenvalue weighted by molar-refractivity contribution is 9.10. The molecule has 0 radical (unpaired) electrons. The minimum atomic E-state index is 0.336. The van der Waals surface area contributed by atoms with Crippen molar-refractivity contribution < 1.29 is 0 Å². The second-order valence-corrected chi connectivity index (χ2v) is 5.28. The van der Waals surface area contributed by atoms with E-state index >= 15 is 0 Å². The van der Waals surface area contributed by atoms with Crippen LogP contribution in [0.4, 0.5) is 0 Å². The highest BCUT2D eigenvalue weighted by Crippen LogP contribution is 2.17. The summed E-state index contributed by atoms with van der Waals surface area (Å²) in [5, 5.41) is 4.66. The van der Waals surface area contributed by atoms with Crippen molar-refractivity contribution in [2.24, 2.45) is 0 Å². The van der Waals surface area contributed by atoms with Crippen molar-refractivity contribution in [1.82, 2.24) is 14.8 Å². The fourth-order valence-corrected chi connectivity index (χ4v) is 1.81. The minimum Gasteiger partial charge on any atom is -0.269 e. The van der Waals surface area contributed by atoms with Crippen LogP contribution in [0, 0.1) is 11.8 Å². The van der Waals surface area contributed by atoms with E-state index in [9.17, 15) is 0 Å². The van der Waals surface area contributed by atoms with Crippen molar-refractivity contribution in [3.63, 3.8) is 0 Å². The third kappa shape index (κ3) is 3.12. The molecule has 0 fully saturated rings. The van der Waals surface area contributed by atoms with Crippen LogP contribution in [-0.4, -0.2) is 14.8 Å². The number of rotatable bonds is 1. The predicted molar refractivity (Wildman–Crippen MR) is 75.5 cm³/mol. The molecule has 0 spiro atoms. The van der Waals surface area contributed by atoms with Gasteiger partial charge in [0, 0.05) is 24.0 Å². The Morgan fingerprint density at radius 3 is 2.78 bits per heavy atom. The smallest absolute Gasteiger partial charge is 0.130 e. The van der Waals surface area contributed by atoms with Crippen molar-refractivity contribution in [2.45, 2.75) is 19.9 Å². The lowest BCUT2D eigenvalue weighted by molar-refractivity contribution is 0.532. The van der Waals surface area contributed by atoms with E-state index in [1.807, 2.05) is 10.9 Å². The summed E-state index contributed by atoms with van der Waals surface area (Å²) in [5.74, 6) is 6.10. The molecule has 0 aliphatic carbocycles. The van der Waals surface area contributed by atoms with Crippen LogP contribution in [0.2, 0.25) is 5.15 Å². The monoisotopic (exact) mass is 323 g/mol. The molecule has 2 heterocycles. The van der Waals surface area contributed by atoms with Crippen molar-refractivity contribution >= 4 is 27.5 Å². The van der Waals surface area contributed by atoms with Gasteiger partial charge in [0.25, 0.3) is 0 Å². The van der Waals surface area contributed by atoms with E-state index < -0.39 is 0 Å². The molecule has 0 amide bonds. The van der Waals surface area contributed by atoms with E-state index in [1.54, 1.807) is 18.5 Å². The van der Waals surface area contributed by atoms with Crippen LogP contribution in [0.5, 0.6) is 0 Å². The van der Waals surface area contributed by atoms with E-state index in [0.717, 1.165) is 15.6 Å². The summed E-state index contributed by atoms with van der Waals surface area (Å²) in [6.45, 7) is 4.15. The fourth-order valence-electron chi connectivity index (χ4n) is 1.33. The molecular weight excluding hydrogens is 314 g/mol. The number of nitrogens with zero attached hydrogens (tertiary/aromatic N) is 3. The molecule has 5 heteroatoms. The van der Waals surface area contributed by atoms with Gasteiger partial charge in [0.05, 0.1) is 16.2 Å². The van der Waals surface area contributed by atoms with Gasteiger partial charge < -0.3 is 0 Å². The molecule has 2 aromatic heterocycles. The van der Waals surface area contributed by atoms with Crippen molar-refractivity contribution in [3.05, 3.63) is 45.4 Å². The van der Waals surface area contributed by atoms with E-state index in [4.69, 9.17) is 11.6 Å². The maximum absolute atomic E-state index is 5.83. The molecule has 0 aliphatic heterocycles. The van der Waals surface area contributed by atoms with E-state index in [-0.39, 0.29) is 0 Å². The Labute approximate surface area is 119 Å². The lowest BCUT2D eigenvalue weighted by atomic mass is 10.2. The number of halogens is 2. The normalized spacial score (nSPS) is 10.3. The maximum Gasteiger partial charge on any atom is 0.130 e. The summed E-state index contributed by atoms with van der Waals surface area (Å²) >= 11 is 9.22. The van der Waals surface area contributed by atoms with Crippen LogP contribution in [0.15, 0.2) is 29.1 Å². The molecule has 0 N–H and O–H groups in total. The molecule has 18 heavy (non-hydrogen) atoms. The highest BCUT2D eigenvalue weighted by Gasteiger charge is 2.00. The topological polar surface area (TPSA) is 30.7 Å². The van der Waals surface area contributed by atoms with Gasteiger partial charge in [-0.05, 0) is 35.8 Å². The van der Waals surface area contributed by atoms with Gasteiger partial charge in [-0.15, -0.1) is 0 Å². The molecule has 0 unspecified atom stereocenters. The molecule has 0 aromatic carbocycles. The van der Waals surface area contributed by atoms with Gasteiger partial charge >= 0.3 is 0 Å². The van der Waals surface area contributed by atoms with E-state index in [0.29, 0.717) is 11.2 Å². The van der Waals surface area contributed by atoms with Crippen molar-refractivity contribution in [2.75, 3.05) is 0 Å². The van der Waals surface area contributed by atoms with Gasteiger partial charge in [0.15, 0.2) is 0 Å². The third-order valence-corrected chi connectivity index (χ3v) is 3.13. The Morgan fingerprint density at radius 1 is 1.33 bits per heavy atom. The Hall–Kier alpha value is -1.31. The van der Waals surface area contributed by atoms with Crippen LogP contribution in [0.3, 0.4) is 0 Å². The molecule has 0 saturated heterocycles. The molecule has 0 atom stereocenters. The molecule has 92 valence electrons. The quantitative estimate of drug-likeness (QED) is 0.592. The number of aromatic nitrogens is 3. The largest absolute Gasteiger partial charge is 0.269 e. The Bertz CT molecular complexity index is 623. The number of hydrogen-bond donors (Lipinski definition) is 0. The SMILES string of the molecule is CC(C)n1cc(C#Cc2cc(Cl)ncc2Br)cn1. The lowest BCUT2D eigenvalue weighted by Gasteiger charge is -2.02. The predicted octanol–water partition coefficient (Wildman–Crippen LogP) is 3.67. The fraction of sp³-hybridized carbons (Fsp3) is 0.231.